The molecule has 0 aromatic heterocycles. The number of benzene rings is 2. The minimum absolute atomic E-state index is 0.391. The lowest BCUT2D eigenvalue weighted by Crippen LogP contribution is -2.31. The first kappa shape index (κ1) is 17.0. The first-order valence-corrected chi connectivity index (χ1v) is 9.83. The summed E-state index contributed by atoms with van der Waals surface area (Å²) in [6.07, 6.45) is 2.13. The summed E-state index contributed by atoms with van der Waals surface area (Å²) >= 11 is 0. The maximum atomic E-state index is 5.41. The van der Waals surface area contributed by atoms with Gasteiger partial charge >= 0.3 is 0 Å². The van der Waals surface area contributed by atoms with Crippen LogP contribution in [0, 0.1) is 0 Å². The predicted octanol–water partition coefficient (Wildman–Crippen LogP) is 2.69. The summed E-state index contributed by atoms with van der Waals surface area (Å²) in [5.74, 6) is 0. The van der Waals surface area contributed by atoms with Crippen LogP contribution in [-0.4, -0.2) is 57.8 Å². The second-order valence-electron chi connectivity index (χ2n) is 7.69. The van der Waals surface area contributed by atoms with Gasteiger partial charge in [0, 0.05) is 31.0 Å². The molecule has 0 radical (unpaired) electrons. The van der Waals surface area contributed by atoms with Gasteiger partial charge in [0.2, 0.25) is 0 Å². The van der Waals surface area contributed by atoms with E-state index in [1.165, 1.54) is 16.8 Å². The van der Waals surface area contributed by atoms with Crippen molar-refractivity contribution in [2.45, 2.75) is 24.7 Å². The third kappa shape index (κ3) is 5.01. The molecule has 3 aliphatic rings. The average molecular weight is 366 g/mol. The lowest BCUT2D eigenvalue weighted by Gasteiger charge is -2.23. The summed E-state index contributed by atoms with van der Waals surface area (Å²) in [7, 11) is 0. The molecule has 0 bridgehead atoms. The zero-order valence-corrected chi connectivity index (χ0v) is 15.5. The first-order chi connectivity index (χ1) is 13.3. The van der Waals surface area contributed by atoms with Crippen LogP contribution in [0.15, 0.2) is 48.5 Å². The Morgan fingerprint density at radius 3 is 1.78 bits per heavy atom. The van der Waals surface area contributed by atoms with E-state index in [2.05, 4.69) is 58.7 Å². The molecular weight excluding hydrogens is 340 g/mol. The number of anilines is 2. The SMILES string of the molecule is c1cc(NCC2CO2)ccc1Cc1ccc(N(CC2CO2)CC2CO2)cc1. The maximum Gasteiger partial charge on any atom is 0.0984 e. The molecule has 0 saturated carbocycles. The van der Waals surface area contributed by atoms with E-state index in [4.69, 9.17) is 14.2 Å². The van der Waals surface area contributed by atoms with Crippen LogP contribution in [0.4, 0.5) is 11.4 Å². The molecule has 3 atom stereocenters. The molecule has 3 fully saturated rings. The molecule has 0 amide bonds. The summed E-state index contributed by atoms with van der Waals surface area (Å²) in [5, 5.41) is 3.41. The number of epoxide rings is 3. The van der Waals surface area contributed by atoms with Gasteiger partial charge in [-0.15, -0.1) is 0 Å². The minimum Gasteiger partial charge on any atom is -0.382 e. The predicted molar refractivity (Wildman–Crippen MR) is 106 cm³/mol. The molecule has 3 saturated heterocycles. The summed E-state index contributed by atoms with van der Waals surface area (Å²) in [5.41, 5.74) is 5.07. The van der Waals surface area contributed by atoms with Gasteiger partial charge in [0.25, 0.3) is 0 Å². The van der Waals surface area contributed by atoms with Gasteiger partial charge in [-0.1, -0.05) is 24.3 Å². The van der Waals surface area contributed by atoms with Gasteiger partial charge in [-0.05, 0) is 41.8 Å². The van der Waals surface area contributed by atoms with Crippen molar-refractivity contribution >= 4 is 11.4 Å². The molecule has 27 heavy (non-hydrogen) atoms. The third-order valence-electron chi connectivity index (χ3n) is 5.25. The Hall–Kier alpha value is -2.08. The van der Waals surface area contributed by atoms with Crippen LogP contribution in [0.1, 0.15) is 11.1 Å². The largest absolute Gasteiger partial charge is 0.382 e. The van der Waals surface area contributed by atoms with Gasteiger partial charge < -0.3 is 24.4 Å². The Morgan fingerprint density at radius 1 is 0.741 bits per heavy atom. The number of hydrogen-bond donors (Lipinski definition) is 1. The van der Waals surface area contributed by atoms with E-state index >= 15 is 0 Å². The van der Waals surface area contributed by atoms with E-state index in [-0.39, 0.29) is 0 Å². The van der Waals surface area contributed by atoms with Gasteiger partial charge in [-0.3, -0.25) is 0 Å². The molecule has 3 aliphatic heterocycles. The van der Waals surface area contributed by atoms with Gasteiger partial charge in [0.05, 0.1) is 38.1 Å². The second kappa shape index (κ2) is 7.50. The van der Waals surface area contributed by atoms with E-state index in [0.29, 0.717) is 18.3 Å². The Bertz CT molecular complexity index is 736. The van der Waals surface area contributed by atoms with Crippen LogP contribution in [0.2, 0.25) is 0 Å². The summed E-state index contributed by atoms with van der Waals surface area (Å²) in [4.78, 5) is 2.39. The number of ether oxygens (including phenoxy) is 3. The van der Waals surface area contributed by atoms with Crippen molar-refractivity contribution in [1.82, 2.24) is 0 Å². The van der Waals surface area contributed by atoms with E-state index in [0.717, 1.165) is 51.6 Å². The van der Waals surface area contributed by atoms with Crippen molar-refractivity contribution in [3.05, 3.63) is 59.7 Å². The van der Waals surface area contributed by atoms with Crippen LogP contribution in [0.3, 0.4) is 0 Å². The van der Waals surface area contributed by atoms with Crippen molar-refractivity contribution in [3.8, 4) is 0 Å². The molecule has 2 aromatic carbocycles. The van der Waals surface area contributed by atoms with Crippen LogP contribution < -0.4 is 10.2 Å². The number of nitrogens with one attached hydrogen (secondary N) is 1. The lowest BCUT2D eigenvalue weighted by atomic mass is 10.0. The fourth-order valence-corrected chi connectivity index (χ4v) is 3.34. The second-order valence-corrected chi connectivity index (χ2v) is 7.69. The standard InChI is InChI=1S/C22H26N2O3/c1-5-18(23-10-20-13-25-20)6-2-16(1)9-17-3-7-19(8-4-17)24(11-21-14-26-21)12-22-15-27-22/h1-8,20-23H,9-15H2. The number of nitrogens with zero attached hydrogens (tertiary/aromatic N) is 1. The Kier molecular flexibility index (Phi) is 4.74. The van der Waals surface area contributed by atoms with E-state index in [1.807, 2.05) is 0 Å². The molecule has 0 aliphatic carbocycles. The van der Waals surface area contributed by atoms with E-state index in [9.17, 15) is 0 Å². The Balaban J connectivity index is 1.18. The molecule has 2 aromatic rings. The Labute approximate surface area is 160 Å². The van der Waals surface area contributed by atoms with Crippen LogP contribution in [-0.2, 0) is 20.6 Å². The molecule has 5 rings (SSSR count). The zero-order valence-electron chi connectivity index (χ0n) is 15.5. The van der Waals surface area contributed by atoms with Crippen molar-refractivity contribution in [2.24, 2.45) is 0 Å². The lowest BCUT2D eigenvalue weighted by molar-refractivity contribution is 0.389. The molecule has 5 heteroatoms. The molecule has 0 spiro atoms. The minimum atomic E-state index is 0.391. The quantitative estimate of drug-likeness (QED) is 0.655. The number of rotatable bonds is 10. The highest BCUT2D eigenvalue weighted by Crippen LogP contribution is 2.24. The third-order valence-corrected chi connectivity index (χ3v) is 5.25. The fourth-order valence-electron chi connectivity index (χ4n) is 3.34. The smallest absolute Gasteiger partial charge is 0.0984 e. The molecule has 142 valence electrons. The van der Waals surface area contributed by atoms with Crippen molar-refractivity contribution in [1.29, 1.82) is 0 Å². The summed E-state index contributed by atoms with van der Waals surface area (Å²) in [6, 6.07) is 17.6. The van der Waals surface area contributed by atoms with Crippen molar-refractivity contribution in [3.63, 3.8) is 0 Å². The molecule has 3 unspecified atom stereocenters. The van der Waals surface area contributed by atoms with Crippen LogP contribution in [0.5, 0.6) is 0 Å². The van der Waals surface area contributed by atoms with Gasteiger partial charge in [0.1, 0.15) is 0 Å². The highest BCUT2D eigenvalue weighted by Gasteiger charge is 2.30. The molecule has 5 nitrogen and oxygen atoms in total. The van der Waals surface area contributed by atoms with Crippen molar-refractivity contribution < 1.29 is 14.2 Å². The normalized spacial score (nSPS) is 25.1. The molecular formula is C22H26N2O3. The first-order valence-electron chi connectivity index (χ1n) is 9.83. The highest BCUT2D eigenvalue weighted by atomic mass is 16.6. The van der Waals surface area contributed by atoms with Crippen LogP contribution >= 0.6 is 0 Å². The van der Waals surface area contributed by atoms with Gasteiger partial charge in [-0.25, -0.2) is 0 Å². The van der Waals surface area contributed by atoms with Gasteiger partial charge in [-0.2, -0.15) is 0 Å². The monoisotopic (exact) mass is 366 g/mol. The summed E-state index contributed by atoms with van der Waals surface area (Å²) in [6.45, 7) is 5.48. The fraction of sp³-hybridized carbons (Fsp3) is 0.455. The van der Waals surface area contributed by atoms with Gasteiger partial charge in [0.15, 0.2) is 0 Å². The maximum absolute atomic E-state index is 5.41. The molecule has 3 heterocycles. The van der Waals surface area contributed by atoms with E-state index < -0.39 is 0 Å². The molecule has 1 N–H and O–H groups in total. The van der Waals surface area contributed by atoms with Crippen LogP contribution in [0.25, 0.3) is 0 Å². The van der Waals surface area contributed by atoms with E-state index in [1.54, 1.807) is 0 Å². The Morgan fingerprint density at radius 2 is 1.26 bits per heavy atom. The topological polar surface area (TPSA) is 52.9 Å². The number of hydrogen-bond acceptors (Lipinski definition) is 5. The van der Waals surface area contributed by atoms with Crippen molar-refractivity contribution in [2.75, 3.05) is 49.7 Å². The zero-order chi connectivity index (χ0) is 18.1. The average Bonchev–Trinajstić information content (AvgIpc) is 3.54. The highest BCUT2D eigenvalue weighted by molar-refractivity contribution is 5.50. The summed E-state index contributed by atoms with van der Waals surface area (Å²) < 4.78 is 16.1.